The molecule has 0 radical (unpaired) electrons. The minimum absolute atomic E-state index is 0.0374. The molecule has 1 aliphatic carbocycles. The van der Waals surface area contributed by atoms with E-state index in [1.807, 2.05) is 4.90 Å². The van der Waals surface area contributed by atoms with E-state index < -0.39 is 35.2 Å². The number of piperidine rings is 1. The van der Waals surface area contributed by atoms with E-state index >= 15 is 4.39 Å². The lowest BCUT2D eigenvalue weighted by atomic mass is 9.94. The number of aromatic nitrogens is 3. The number of carboxylic acids is 1. The van der Waals surface area contributed by atoms with Gasteiger partial charge in [-0.25, -0.2) is 13.2 Å². The Morgan fingerprint density at radius 2 is 2.04 bits per heavy atom. The summed E-state index contributed by atoms with van der Waals surface area (Å²) in [4.78, 5) is 29.7. The fourth-order valence-electron chi connectivity index (χ4n) is 8.39. The van der Waals surface area contributed by atoms with Crippen LogP contribution in [-0.2, 0) is 11.2 Å². The molecular weight excluding hydrogens is 599 g/mol. The third kappa shape index (κ3) is 4.55. The van der Waals surface area contributed by atoms with Crippen molar-refractivity contribution < 1.29 is 32.9 Å². The number of benzene rings is 2. The topological polar surface area (TPSA) is 112 Å². The first-order chi connectivity index (χ1) is 22.2. The molecule has 4 aliphatic rings. The van der Waals surface area contributed by atoms with Crippen molar-refractivity contribution in [1.29, 1.82) is 0 Å². The van der Waals surface area contributed by atoms with Crippen molar-refractivity contribution in [3.63, 3.8) is 0 Å². The maximum atomic E-state index is 16.8. The van der Waals surface area contributed by atoms with Crippen LogP contribution in [0.4, 0.5) is 19.0 Å². The zero-order chi connectivity index (χ0) is 31.9. The zero-order valence-corrected chi connectivity index (χ0v) is 25.3. The van der Waals surface area contributed by atoms with Gasteiger partial charge in [-0.05, 0) is 79.1 Å². The van der Waals surface area contributed by atoms with E-state index in [0.29, 0.717) is 66.3 Å². The highest BCUT2D eigenvalue weighted by Crippen LogP contribution is 2.50. The number of hydrogen-bond acceptors (Lipinski definition) is 8. The fourth-order valence-corrected chi connectivity index (χ4v) is 8.39. The number of rotatable bonds is 7. The number of carbonyl (C=O) groups is 1. The molecule has 12 heteroatoms. The highest BCUT2D eigenvalue weighted by molar-refractivity contribution is 6.01. The van der Waals surface area contributed by atoms with Crippen molar-refractivity contribution in [2.24, 2.45) is 11.8 Å². The SMILES string of the molecule is CCc1c(F)ccc2cc(O)cc(-c3ncc4c(N5CCC(C(=O)O)C6CC65)nc(OC[C@@]56CCCN5C[C@H](F)C6)nc4c3F)c12. The van der Waals surface area contributed by atoms with E-state index in [1.54, 1.807) is 13.0 Å². The average molecular weight is 634 g/mol. The Balaban J connectivity index is 1.26. The Kier molecular flexibility index (Phi) is 6.79. The lowest BCUT2D eigenvalue weighted by molar-refractivity contribution is -0.143. The summed E-state index contributed by atoms with van der Waals surface area (Å²) in [6.45, 7) is 3.51. The molecule has 2 aromatic heterocycles. The third-order valence-corrected chi connectivity index (χ3v) is 10.6. The lowest BCUT2D eigenvalue weighted by Gasteiger charge is -2.32. The summed E-state index contributed by atoms with van der Waals surface area (Å²) in [5, 5.41) is 21.6. The molecule has 3 unspecified atom stereocenters. The summed E-state index contributed by atoms with van der Waals surface area (Å²) >= 11 is 0. The Bertz CT molecular complexity index is 1910. The lowest BCUT2D eigenvalue weighted by Crippen LogP contribution is -2.43. The number of aryl methyl sites for hydroxylation is 1. The molecule has 8 rings (SSSR count). The number of aromatic hydroxyl groups is 1. The van der Waals surface area contributed by atoms with Crippen molar-refractivity contribution in [1.82, 2.24) is 19.9 Å². The molecule has 0 amide bonds. The van der Waals surface area contributed by atoms with Crippen molar-refractivity contribution in [3.05, 3.63) is 47.7 Å². The summed E-state index contributed by atoms with van der Waals surface area (Å²) in [5.41, 5.74) is -0.00913. The van der Waals surface area contributed by atoms with Crippen LogP contribution in [0.3, 0.4) is 0 Å². The number of anilines is 1. The van der Waals surface area contributed by atoms with Crippen LogP contribution >= 0.6 is 0 Å². The number of alkyl halides is 1. The maximum Gasteiger partial charge on any atom is 0.319 e. The van der Waals surface area contributed by atoms with Crippen molar-refractivity contribution >= 4 is 33.5 Å². The van der Waals surface area contributed by atoms with Crippen molar-refractivity contribution in [2.75, 3.05) is 31.1 Å². The minimum Gasteiger partial charge on any atom is -0.508 e. The molecule has 0 bridgehead atoms. The summed E-state index contributed by atoms with van der Waals surface area (Å²) in [7, 11) is 0. The molecule has 1 saturated carbocycles. The fraction of sp³-hybridized carbons (Fsp3) is 0.471. The molecule has 2 N–H and O–H groups in total. The van der Waals surface area contributed by atoms with Crippen LogP contribution in [0.15, 0.2) is 30.5 Å². The standard InChI is InChI=1S/C34H34F3N5O4/c1-2-20-25(36)5-4-17-10-19(43)11-23(27(17)20)29-28(37)30-24(14-38-29)31(42-9-6-21(32(44)45)22-12-26(22)42)40-33(39-30)46-16-34-7-3-8-41(34)15-18(35)13-34/h4-5,10-11,14,18,21-22,26,43H,2-3,6-9,12-13,15-16H2,1H3,(H,44,45)/t18-,21?,22?,26?,34+/m1/s1. The van der Waals surface area contributed by atoms with Crippen LogP contribution in [0.25, 0.3) is 32.9 Å². The Labute approximate surface area is 263 Å². The van der Waals surface area contributed by atoms with E-state index in [9.17, 15) is 23.8 Å². The first-order valence-electron chi connectivity index (χ1n) is 16.0. The first kappa shape index (κ1) is 29.2. The first-order valence-corrected chi connectivity index (χ1v) is 16.0. The van der Waals surface area contributed by atoms with Crippen LogP contribution < -0.4 is 9.64 Å². The largest absolute Gasteiger partial charge is 0.508 e. The predicted octanol–water partition coefficient (Wildman–Crippen LogP) is 5.65. The number of ether oxygens (including phenoxy) is 1. The molecule has 5 atom stereocenters. The van der Waals surface area contributed by atoms with Crippen molar-refractivity contribution in [2.45, 2.75) is 63.2 Å². The van der Waals surface area contributed by atoms with E-state index in [1.165, 1.54) is 24.4 Å². The number of phenolic OH excluding ortho intramolecular Hbond substituents is 1. The average Bonchev–Trinajstić information content (AvgIpc) is 3.65. The number of phenols is 1. The second-order valence-electron chi connectivity index (χ2n) is 13.2. The Morgan fingerprint density at radius 1 is 1.20 bits per heavy atom. The van der Waals surface area contributed by atoms with Gasteiger partial charge in [0.25, 0.3) is 0 Å². The highest BCUT2D eigenvalue weighted by atomic mass is 19.1. The summed E-state index contributed by atoms with van der Waals surface area (Å²) < 4.78 is 52.4. The van der Waals surface area contributed by atoms with Crippen LogP contribution in [0.1, 0.15) is 44.6 Å². The highest BCUT2D eigenvalue weighted by Gasteiger charge is 2.53. The summed E-state index contributed by atoms with van der Waals surface area (Å²) in [6, 6.07) is 5.63. The number of pyridine rings is 1. The molecule has 240 valence electrons. The van der Waals surface area contributed by atoms with Gasteiger partial charge in [0, 0.05) is 37.3 Å². The third-order valence-electron chi connectivity index (χ3n) is 10.6. The van der Waals surface area contributed by atoms with Gasteiger partial charge in [0.15, 0.2) is 5.82 Å². The molecule has 2 aromatic carbocycles. The van der Waals surface area contributed by atoms with Crippen LogP contribution in [0.5, 0.6) is 11.8 Å². The van der Waals surface area contributed by atoms with Gasteiger partial charge in [0.05, 0.1) is 16.8 Å². The zero-order valence-electron chi connectivity index (χ0n) is 25.3. The van der Waals surface area contributed by atoms with Gasteiger partial charge in [-0.3, -0.25) is 14.7 Å². The second kappa shape index (κ2) is 10.7. The van der Waals surface area contributed by atoms with Gasteiger partial charge < -0.3 is 19.8 Å². The smallest absolute Gasteiger partial charge is 0.319 e. The summed E-state index contributed by atoms with van der Waals surface area (Å²) in [6.07, 6.45) is 4.05. The van der Waals surface area contributed by atoms with E-state index in [0.717, 1.165) is 19.4 Å². The summed E-state index contributed by atoms with van der Waals surface area (Å²) in [5.74, 6) is -2.21. The van der Waals surface area contributed by atoms with Crippen LogP contribution in [0, 0.1) is 23.5 Å². The number of nitrogens with zero attached hydrogens (tertiary/aromatic N) is 5. The van der Waals surface area contributed by atoms with Gasteiger partial charge >= 0.3 is 12.0 Å². The molecule has 46 heavy (non-hydrogen) atoms. The van der Waals surface area contributed by atoms with Gasteiger partial charge in [0.2, 0.25) is 0 Å². The van der Waals surface area contributed by atoms with Gasteiger partial charge in [-0.15, -0.1) is 0 Å². The monoisotopic (exact) mass is 633 g/mol. The Morgan fingerprint density at radius 3 is 2.85 bits per heavy atom. The number of carboxylic acid groups (broad SMARTS) is 1. The maximum absolute atomic E-state index is 16.8. The van der Waals surface area contributed by atoms with E-state index in [-0.39, 0.29) is 47.1 Å². The predicted molar refractivity (Wildman–Crippen MR) is 165 cm³/mol. The number of fused-ring (bicyclic) bond motifs is 4. The van der Waals surface area contributed by atoms with Gasteiger partial charge in [-0.2, -0.15) is 9.97 Å². The minimum atomic E-state index is -0.944. The molecule has 3 saturated heterocycles. The van der Waals surface area contributed by atoms with Crippen LogP contribution in [0.2, 0.25) is 0 Å². The number of halogens is 3. The number of hydrogen-bond donors (Lipinski definition) is 2. The van der Waals surface area contributed by atoms with Gasteiger partial charge in [-0.1, -0.05) is 13.0 Å². The van der Waals surface area contributed by atoms with Crippen molar-refractivity contribution in [3.8, 4) is 23.0 Å². The molecular formula is C34H34F3N5O4. The van der Waals surface area contributed by atoms with E-state index in [4.69, 9.17) is 9.72 Å². The molecule has 4 fully saturated rings. The van der Waals surface area contributed by atoms with Gasteiger partial charge in [0.1, 0.15) is 41.4 Å². The molecule has 3 aliphatic heterocycles. The quantitative estimate of drug-likeness (QED) is 0.267. The number of aliphatic carboxylic acids is 1. The second-order valence-corrected chi connectivity index (χ2v) is 13.2. The molecule has 0 spiro atoms. The molecule has 5 heterocycles. The normalized spacial score (nSPS) is 27.3. The van der Waals surface area contributed by atoms with Crippen LogP contribution in [-0.4, -0.2) is 80.0 Å². The van der Waals surface area contributed by atoms with E-state index in [2.05, 4.69) is 14.9 Å². The molecule has 4 aromatic rings. The Hall–Kier alpha value is -4.19. The molecule has 9 nitrogen and oxygen atoms in total.